The van der Waals surface area contributed by atoms with Crippen LogP contribution in [0.25, 0.3) is 0 Å². The topological polar surface area (TPSA) is 86.8 Å². The van der Waals surface area contributed by atoms with Crippen molar-refractivity contribution in [3.8, 4) is 0 Å². The minimum Gasteiger partial charge on any atom is -0.322 e. The number of carbonyl (C=O) groups excluding carboxylic acids is 2. The molecular formula is C24H29N3O4S. The number of benzene rings is 2. The predicted octanol–water partition coefficient (Wildman–Crippen LogP) is 3.73. The van der Waals surface area contributed by atoms with Crippen LogP contribution in [0, 0.1) is 11.8 Å². The normalized spacial score (nSPS) is 22.2. The third-order valence-electron chi connectivity index (χ3n) is 6.08. The van der Waals surface area contributed by atoms with Gasteiger partial charge in [-0.3, -0.25) is 9.59 Å². The van der Waals surface area contributed by atoms with Crippen LogP contribution in [0.3, 0.4) is 0 Å². The van der Waals surface area contributed by atoms with Crippen molar-refractivity contribution in [2.75, 3.05) is 29.9 Å². The number of hydrogen-bond acceptors (Lipinski definition) is 4. The van der Waals surface area contributed by atoms with Crippen LogP contribution in [0.4, 0.5) is 11.4 Å². The molecule has 0 spiro atoms. The summed E-state index contributed by atoms with van der Waals surface area (Å²) in [7, 11) is -3.56. The molecule has 2 heterocycles. The van der Waals surface area contributed by atoms with Crippen molar-refractivity contribution < 1.29 is 18.0 Å². The van der Waals surface area contributed by atoms with Gasteiger partial charge in [-0.2, -0.15) is 4.31 Å². The highest BCUT2D eigenvalue weighted by Crippen LogP contribution is 2.27. The molecular weight excluding hydrogens is 426 g/mol. The highest BCUT2D eigenvalue weighted by molar-refractivity contribution is 7.89. The number of rotatable bonds is 5. The van der Waals surface area contributed by atoms with Gasteiger partial charge in [0.15, 0.2) is 0 Å². The Morgan fingerprint density at radius 1 is 1.03 bits per heavy atom. The third-order valence-corrected chi connectivity index (χ3v) is 7.92. The molecule has 7 nitrogen and oxygen atoms in total. The number of carbonyl (C=O) groups is 2. The number of nitrogens with one attached hydrogen (secondary N) is 1. The molecule has 2 saturated heterocycles. The summed E-state index contributed by atoms with van der Waals surface area (Å²) in [6.45, 7) is 5.87. The second-order valence-corrected chi connectivity index (χ2v) is 10.9. The maximum Gasteiger partial charge on any atom is 0.255 e. The highest BCUT2D eigenvalue weighted by Gasteiger charge is 2.31. The molecule has 2 aliphatic heterocycles. The first-order chi connectivity index (χ1) is 15.2. The van der Waals surface area contributed by atoms with Gasteiger partial charge in [0.1, 0.15) is 0 Å². The Bertz CT molecular complexity index is 1100. The quantitative estimate of drug-likeness (QED) is 0.744. The molecule has 0 aromatic heterocycles. The van der Waals surface area contributed by atoms with Crippen molar-refractivity contribution in [3.63, 3.8) is 0 Å². The molecule has 0 radical (unpaired) electrons. The zero-order valence-corrected chi connectivity index (χ0v) is 19.3. The van der Waals surface area contributed by atoms with Crippen molar-refractivity contribution in [2.24, 2.45) is 11.8 Å². The fourth-order valence-electron chi connectivity index (χ4n) is 4.60. The number of nitrogens with zero attached hydrogens (tertiary/aromatic N) is 2. The van der Waals surface area contributed by atoms with Gasteiger partial charge in [0.2, 0.25) is 15.9 Å². The molecule has 2 amide bonds. The van der Waals surface area contributed by atoms with Gasteiger partial charge in [0.25, 0.3) is 5.91 Å². The lowest BCUT2D eigenvalue weighted by Crippen LogP contribution is -2.42. The average Bonchev–Trinajstić information content (AvgIpc) is 3.19. The van der Waals surface area contributed by atoms with E-state index in [0.29, 0.717) is 54.8 Å². The molecule has 32 heavy (non-hydrogen) atoms. The molecule has 8 heteroatoms. The van der Waals surface area contributed by atoms with Crippen LogP contribution in [0.2, 0.25) is 0 Å². The summed E-state index contributed by atoms with van der Waals surface area (Å²) in [5.74, 6) is 0.419. The molecule has 0 bridgehead atoms. The van der Waals surface area contributed by atoms with E-state index >= 15 is 0 Å². The van der Waals surface area contributed by atoms with E-state index in [0.717, 1.165) is 12.8 Å². The van der Waals surface area contributed by atoms with Crippen molar-refractivity contribution >= 4 is 33.2 Å². The van der Waals surface area contributed by atoms with Crippen LogP contribution >= 0.6 is 0 Å². The fraction of sp³-hybridized carbons (Fsp3) is 0.417. The smallest absolute Gasteiger partial charge is 0.255 e. The first-order valence-electron chi connectivity index (χ1n) is 11.1. The Labute approximate surface area is 189 Å². The summed E-state index contributed by atoms with van der Waals surface area (Å²) in [6, 6.07) is 13.3. The summed E-state index contributed by atoms with van der Waals surface area (Å²) >= 11 is 0. The highest BCUT2D eigenvalue weighted by atomic mass is 32.2. The molecule has 0 aliphatic carbocycles. The van der Waals surface area contributed by atoms with Gasteiger partial charge in [-0.05, 0) is 67.1 Å². The van der Waals surface area contributed by atoms with Crippen LogP contribution < -0.4 is 10.2 Å². The summed E-state index contributed by atoms with van der Waals surface area (Å²) in [6.07, 6.45) is 2.38. The zero-order valence-electron chi connectivity index (χ0n) is 18.5. The van der Waals surface area contributed by atoms with Crippen LogP contribution in [-0.4, -0.2) is 44.2 Å². The lowest BCUT2D eigenvalue weighted by molar-refractivity contribution is -0.117. The van der Waals surface area contributed by atoms with Gasteiger partial charge in [0, 0.05) is 43.0 Å². The van der Waals surface area contributed by atoms with E-state index in [1.165, 1.54) is 12.1 Å². The molecule has 2 aromatic rings. The number of piperidine rings is 1. The van der Waals surface area contributed by atoms with E-state index in [9.17, 15) is 18.0 Å². The molecule has 2 aliphatic rings. The largest absolute Gasteiger partial charge is 0.322 e. The maximum atomic E-state index is 13.0. The van der Waals surface area contributed by atoms with Crippen molar-refractivity contribution in [1.82, 2.24) is 4.31 Å². The first kappa shape index (κ1) is 22.5. The standard InChI is InChI=1S/C24H29N3O4S/c1-17-13-18(2)16-26(15-17)32(30,31)22-10-8-20(9-11-22)25-24(29)19-5-3-6-21(14-19)27-12-4-7-23(27)28/h3,5-6,8-11,14,17-18H,4,7,12-13,15-16H2,1-2H3,(H,25,29). The van der Waals surface area contributed by atoms with Crippen LogP contribution in [-0.2, 0) is 14.8 Å². The van der Waals surface area contributed by atoms with Gasteiger partial charge in [0.05, 0.1) is 4.90 Å². The van der Waals surface area contributed by atoms with E-state index in [4.69, 9.17) is 0 Å². The van der Waals surface area contributed by atoms with E-state index in [-0.39, 0.29) is 16.7 Å². The van der Waals surface area contributed by atoms with Crippen LogP contribution in [0.1, 0.15) is 43.5 Å². The maximum absolute atomic E-state index is 13.0. The van der Waals surface area contributed by atoms with Crippen LogP contribution in [0.5, 0.6) is 0 Å². The molecule has 2 atom stereocenters. The van der Waals surface area contributed by atoms with Crippen molar-refractivity contribution in [1.29, 1.82) is 0 Å². The Balaban J connectivity index is 1.46. The van der Waals surface area contributed by atoms with Gasteiger partial charge in [-0.1, -0.05) is 19.9 Å². The average molecular weight is 456 g/mol. The van der Waals surface area contributed by atoms with E-state index in [2.05, 4.69) is 19.2 Å². The summed E-state index contributed by atoms with van der Waals surface area (Å²) in [4.78, 5) is 26.6. The minimum atomic E-state index is -3.56. The first-order valence-corrected chi connectivity index (χ1v) is 12.5. The molecule has 1 N–H and O–H groups in total. The lowest BCUT2D eigenvalue weighted by atomic mass is 9.94. The SMILES string of the molecule is CC1CC(C)CN(S(=O)(=O)c2ccc(NC(=O)c3cccc(N4CCCC4=O)c3)cc2)C1. The summed E-state index contributed by atoms with van der Waals surface area (Å²) in [5.41, 5.74) is 1.67. The van der Waals surface area contributed by atoms with Crippen molar-refractivity contribution in [2.45, 2.75) is 38.0 Å². The Kier molecular flexibility index (Phi) is 6.35. The summed E-state index contributed by atoms with van der Waals surface area (Å²) < 4.78 is 27.6. The number of anilines is 2. The van der Waals surface area contributed by atoms with E-state index in [1.807, 2.05) is 6.07 Å². The Morgan fingerprint density at radius 3 is 2.34 bits per heavy atom. The predicted molar refractivity (Wildman–Crippen MR) is 124 cm³/mol. The second kappa shape index (κ2) is 9.03. The molecule has 2 aromatic carbocycles. The molecule has 0 saturated carbocycles. The molecule has 2 fully saturated rings. The van der Waals surface area contributed by atoms with Gasteiger partial charge in [-0.15, -0.1) is 0 Å². The van der Waals surface area contributed by atoms with E-state index < -0.39 is 10.0 Å². The molecule has 4 rings (SSSR count). The number of hydrogen-bond donors (Lipinski definition) is 1. The fourth-order valence-corrected chi connectivity index (χ4v) is 6.28. The van der Waals surface area contributed by atoms with Gasteiger partial charge >= 0.3 is 0 Å². The van der Waals surface area contributed by atoms with Crippen molar-refractivity contribution in [3.05, 3.63) is 54.1 Å². The second-order valence-electron chi connectivity index (χ2n) is 8.95. The summed E-state index contributed by atoms with van der Waals surface area (Å²) in [5, 5.41) is 2.81. The minimum absolute atomic E-state index is 0.0665. The Morgan fingerprint density at radius 2 is 1.72 bits per heavy atom. The molecule has 2 unspecified atom stereocenters. The third kappa shape index (κ3) is 4.71. The van der Waals surface area contributed by atoms with Gasteiger partial charge in [-0.25, -0.2) is 8.42 Å². The lowest BCUT2D eigenvalue weighted by Gasteiger charge is -2.34. The van der Waals surface area contributed by atoms with Crippen LogP contribution in [0.15, 0.2) is 53.4 Å². The van der Waals surface area contributed by atoms with E-state index in [1.54, 1.807) is 39.5 Å². The number of amides is 2. The zero-order chi connectivity index (χ0) is 22.9. The monoisotopic (exact) mass is 455 g/mol. The van der Waals surface area contributed by atoms with Gasteiger partial charge < -0.3 is 10.2 Å². The molecule has 170 valence electrons. The number of sulfonamides is 1. The Hall–Kier alpha value is -2.71.